The Morgan fingerprint density at radius 1 is 0.829 bits per heavy atom. The van der Waals surface area contributed by atoms with Gasteiger partial charge in [-0.3, -0.25) is 0 Å². The predicted octanol–water partition coefficient (Wildman–Crippen LogP) is 12.7. The van der Waals surface area contributed by atoms with Crippen molar-refractivity contribution < 1.29 is 0 Å². The van der Waals surface area contributed by atoms with Gasteiger partial charge in [0.15, 0.2) is 0 Å². The number of rotatable bonds is 7. The van der Waals surface area contributed by atoms with Crippen LogP contribution < -0.4 is 0 Å². The maximum absolute atomic E-state index is 3.83. The van der Waals surface area contributed by atoms with Crippen molar-refractivity contribution in [3.05, 3.63) is 103 Å². The van der Waals surface area contributed by atoms with Crippen molar-refractivity contribution in [2.24, 2.45) is 11.8 Å². The van der Waals surface area contributed by atoms with Crippen LogP contribution in [0, 0.1) is 11.8 Å². The predicted molar refractivity (Wildman–Crippen MR) is 171 cm³/mol. The Morgan fingerprint density at radius 3 is 1.43 bits per heavy atom. The molecule has 0 nitrogen and oxygen atoms in total. The molecule has 0 aliphatic carbocycles. The number of hydrogen-bond donors (Lipinski definition) is 0. The Hall–Kier alpha value is -2.34. The van der Waals surface area contributed by atoms with Gasteiger partial charge in [-0.1, -0.05) is 139 Å². The summed E-state index contributed by atoms with van der Waals surface area (Å²) in [5, 5.41) is 0. The lowest BCUT2D eigenvalue weighted by Gasteiger charge is -2.06. The van der Waals surface area contributed by atoms with E-state index in [-0.39, 0.29) is 0 Å². The van der Waals surface area contributed by atoms with Crippen molar-refractivity contribution in [1.29, 1.82) is 0 Å². The summed E-state index contributed by atoms with van der Waals surface area (Å²) in [7, 11) is 0. The lowest BCUT2D eigenvalue weighted by Crippen LogP contribution is -1.92. The van der Waals surface area contributed by atoms with Crippen LogP contribution in [0.15, 0.2) is 97.7 Å². The molecule has 0 saturated carbocycles. The highest BCUT2D eigenvalue weighted by molar-refractivity contribution is 5.45. The van der Waals surface area contributed by atoms with Crippen molar-refractivity contribution in [1.82, 2.24) is 0 Å². The van der Waals surface area contributed by atoms with Crippen LogP contribution in [-0.2, 0) is 0 Å². The van der Waals surface area contributed by atoms with Crippen LogP contribution in [0.2, 0.25) is 0 Å². The van der Waals surface area contributed by atoms with Gasteiger partial charge in [-0.05, 0) is 71.3 Å². The fourth-order valence-corrected chi connectivity index (χ4v) is 1.67. The maximum atomic E-state index is 3.83. The molecule has 1 aromatic carbocycles. The highest BCUT2D eigenvalue weighted by atomic mass is 14.0. The van der Waals surface area contributed by atoms with Gasteiger partial charge in [0.2, 0.25) is 0 Å². The van der Waals surface area contributed by atoms with Gasteiger partial charge in [0.05, 0.1) is 0 Å². The average molecular weight is 483 g/mol. The summed E-state index contributed by atoms with van der Waals surface area (Å²) in [5.41, 5.74) is 5.20. The highest BCUT2D eigenvalue weighted by Gasteiger charge is 1.97. The first-order chi connectivity index (χ1) is 16.5. The van der Waals surface area contributed by atoms with Gasteiger partial charge in [-0.15, -0.1) is 13.2 Å². The molecular weight excluding hydrogens is 420 g/mol. The lowest BCUT2D eigenvalue weighted by molar-refractivity contribution is 0.655. The van der Waals surface area contributed by atoms with Gasteiger partial charge in [0.25, 0.3) is 0 Å². The van der Waals surface area contributed by atoms with E-state index >= 15 is 0 Å². The quantitative estimate of drug-likeness (QED) is 0.268. The van der Waals surface area contributed by atoms with Gasteiger partial charge in [-0.2, -0.15) is 0 Å². The summed E-state index contributed by atoms with van der Waals surface area (Å²) in [6, 6.07) is 10.0. The third kappa shape index (κ3) is 42.3. The fraction of sp³-hybridized carbons (Fsp3) is 0.486. The highest BCUT2D eigenvalue weighted by Crippen LogP contribution is 2.12. The normalized spacial score (nSPS) is 10.9. The van der Waals surface area contributed by atoms with Crippen LogP contribution in [0.25, 0.3) is 6.08 Å². The van der Waals surface area contributed by atoms with Crippen LogP contribution in [0.3, 0.4) is 0 Å². The molecule has 0 amide bonds. The van der Waals surface area contributed by atoms with E-state index in [4.69, 9.17) is 0 Å². The Balaban J connectivity index is -0.000000110. The van der Waals surface area contributed by atoms with E-state index in [0.717, 1.165) is 12.3 Å². The van der Waals surface area contributed by atoms with Crippen LogP contribution in [0.1, 0.15) is 108 Å². The number of allylic oxidation sites excluding steroid dienone is 7. The van der Waals surface area contributed by atoms with E-state index in [2.05, 4.69) is 93.0 Å². The first-order valence-corrected chi connectivity index (χ1v) is 13.4. The van der Waals surface area contributed by atoms with Gasteiger partial charge in [0.1, 0.15) is 0 Å². The first kappa shape index (κ1) is 42.8. The summed E-state index contributed by atoms with van der Waals surface area (Å²) in [6.07, 6.45) is 13.5. The molecule has 0 spiro atoms. The second-order valence-corrected chi connectivity index (χ2v) is 8.24. The van der Waals surface area contributed by atoms with Crippen LogP contribution in [0.4, 0.5) is 0 Å². The Bertz CT molecular complexity index is 640. The van der Waals surface area contributed by atoms with E-state index in [1.807, 2.05) is 71.0 Å². The molecule has 2 unspecified atom stereocenters. The van der Waals surface area contributed by atoms with Crippen molar-refractivity contribution in [3.63, 3.8) is 0 Å². The molecule has 1 aromatic rings. The Kier molecular flexibility index (Phi) is 44.3. The second kappa shape index (κ2) is 36.2. The zero-order valence-electron chi connectivity index (χ0n) is 25.9. The maximum Gasteiger partial charge on any atom is -0.0234 e. The zero-order chi connectivity index (χ0) is 28.7. The zero-order valence-corrected chi connectivity index (χ0v) is 25.9. The molecule has 0 aliphatic heterocycles. The second-order valence-electron chi connectivity index (χ2n) is 8.24. The van der Waals surface area contributed by atoms with Gasteiger partial charge >= 0.3 is 0 Å². The van der Waals surface area contributed by atoms with Crippen LogP contribution in [0.5, 0.6) is 0 Å². The van der Waals surface area contributed by atoms with Crippen molar-refractivity contribution in [2.75, 3.05) is 0 Å². The van der Waals surface area contributed by atoms with Crippen molar-refractivity contribution in [2.45, 2.75) is 102 Å². The minimum absolute atomic E-state index is 0.708. The Morgan fingerprint density at radius 2 is 1.23 bits per heavy atom. The van der Waals surface area contributed by atoms with Crippen LogP contribution >= 0.6 is 0 Å². The molecule has 0 aliphatic rings. The molecule has 0 heterocycles. The summed E-state index contributed by atoms with van der Waals surface area (Å²) >= 11 is 0. The van der Waals surface area contributed by atoms with Gasteiger partial charge in [-0.25, -0.2) is 0 Å². The topological polar surface area (TPSA) is 0 Å². The fourth-order valence-electron chi connectivity index (χ4n) is 1.67. The molecule has 0 saturated heterocycles. The van der Waals surface area contributed by atoms with E-state index in [9.17, 15) is 0 Å². The van der Waals surface area contributed by atoms with Gasteiger partial charge in [0, 0.05) is 0 Å². The molecule has 202 valence electrons. The van der Waals surface area contributed by atoms with E-state index in [1.54, 1.807) is 6.08 Å². The minimum atomic E-state index is 0.708. The number of hydrogen-bond acceptors (Lipinski definition) is 0. The summed E-state index contributed by atoms with van der Waals surface area (Å²) in [5.74, 6) is 1.44. The largest absolute Gasteiger partial charge is 0.103 e. The van der Waals surface area contributed by atoms with E-state index < -0.39 is 0 Å². The third-order valence-electron chi connectivity index (χ3n) is 5.03. The molecular formula is C35H62. The van der Waals surface area contributed by atoms with E-state index in [1.165, 1.54) is 35.1 Å². The minimum Gasteiger partial charge on any atom is -0.103 e. The summed E-state index contributed by atoms with van der Waals surface area (Å²) in [6.45, 7) is 39.7. The number of benzene rings is 1. The molecule has 0 aromatic heterocycles. The molecule has 2 atom stereocenters. The smallest absolute Gasteiger partial charge is 0.0234 e. The van der Waals surface area contributed by atoms with Crippen molar-refractivity contribution in [3.8, 4) is 0 Å². The van der Waals surface area contributed by atoms with E-state index in [0.29, 0.717) is 5.92 Å². The monoisotopic (exact) mass is 482 g/mol. The lowest BCUT2D eigenvalue weighted by atomic mass is 10.00. The molecule has 0 fully saturated rings. The molecule has 35 heavy (non-hydrogen) atoms. The molecule has 0 N–H and O–H groups in total. The molecule has 0 radical (unpaired) electrons. The SMILES string of the molecule is C/C=C\C=C(/C)C(C)CC.C=C(C)C(C)CC.C=C(C)CC.C=CC.C=Cc1ccccc1.CC. The van der Waals surface area contributed by atoms with Gasteiger partial charge < -0.3 is 0 Å². The molecule has 1 rings (SSSR count). The molecule has 0 heteroatoms. The standard InChI is InChI=1S/C10H18.C8H8.C7H14.C5H10.C3H6.C2H6/c1-5-7-8-10(4)9(3)6-2;1-2-8-6-4-3-5-7-8;1-5-7(4)6(2)3;1-4-5(2)3;1-3-2;1-2/h5,7-9H,6H2,1-4H3;2-7H,1H2;7H,2,5H2,1,3-4H3;2,4H2,1,3H3;3H,1H2,2H3;1-2H3/b7-5-,10-8+;;;;;. The van der Waals surface area contributed by atoms with Crippen molar-refractivity contribution >= 4 is 6.08 Å². The average Bonchev–Trinajstić information content (AvgIpc) is 2.89. The Labute approximate surface area is 223 Å². The van der Waals surface area contributed by atoms with Crippen LogP contribution in [-0.4, -0.2) is 0 Å². The third-order valence-corrected chi connectivity index (χ3v) is 5.03. The summed E-state index contributed by atoms with van der Waals surface area (Å²) < 4.78 is 0. The molecule has 0 bridgehead atoms. The first-order valence-electron chi connectivity index (χ1n) is 13.4. The summed E-state index contributed by atoms with van der Waals surface area (Å²) in [4.78, 5) is 0.